The maximum Gasteiger partial charge on any atom is 0.257 e. The number of hydrogen-bond donors (Lipinski definition) is 2. The molecule has 0 aromatic heterocycles. The van der Waals surface area contributed by atoms with Crippen LogP contribution in [0, 0.1) is 0 Å². The molecule has 0 fully saturated rings. The molecule has 0 unspecified atom stereocenters. The lowest BCUT2D eigenvalue weighted by molar-refractivity contribution is 0.0976. The Balaban J connectivity index is 1.42. The van der Waals surface area contributed by atoms with Crippen LogP contribution in [0.5, 0.6) is 5.75 Å². The van der Waals surface area contributed by atoms with E-state index in [0.29, 0.717) is 23.8 Å². The molecule has 0 radical (unpaired) electrons. The van der Waals surface area contributed by atoms with Gasteiger partial charge in [-0.2, -0.15) is 0 Å². The summed E-state index contributed by atoms with van der Waals surface area (Å²) in [6.45, 7) is 1.14. The Hall–Kier alpha value is -2.83. The predicted molar refractivity (Wildman–Crippen MR) is 127 cm³/mol. The number of amides is 1. The molecule has 0 atom stereocenters. The summed E-state index contributed by atoms with van der Waals surface area (Å²) in [6.07, 6.45) is 2.88. The van der Waals surface area contributed by atoms with Crippen molar-refractivity contribution in [3.63, 3.8) is 0 Å². The number of carbonyl (C=O) groups excluding carboxylic acids is 1. The van der Waals surface area contributed by atoms with Crippen molar-refractivity contribution in [3.8, 4) is 5.75 Å². The van der Waals surface area contributed by atoms with Gasteiger partial charge < -0.3 is 10.1 Å². The third-order valence-electron chi connectivity index (χ3n) is 4.46. The summed E-state index contributed by atoms with van der Waals surface area (Å²) in [5.41, 5.74) is 2.86. The summed E-state index contributed by atoms with van der Waals surface area (Å²) in [5, 5.41) is 6.07. The maximum absolute atomic E-state index is 12.4. The second-order valence-electron chi connectivity index (χ2n) is 6.59. The minimum atomic E-state index is -0.249. The number of nitrogens with one attached hydrogen (secondary N) is 2. The average molecular weight is 437 g/mol. The number of thiocarbonyl (C=S) groups is 1. The van der Waals surface area contributed by atoms with Gasteiger partial charge in [0.2, 0.25) is 0 Å². The van der Waals surface area contributed by atoms with Crippen molar-refractivity contribution in [2.75, 3.05) is 12.9 Å². The lowest BCUT2D eigenvalue weighted by atomic mass is 10.2. The first-order valence-electron chi connectivity index (χ1n) is 9.63. The van der Waals surface area contributed by atoms with Crippen molar-refractivity contribution in [1.29, 1.82) is 0 Å². The van der Waals surface area contributed by atoms with Gasteiger partial charge in [-0.1, -0.05) is 42.5 Å². The van der Waals surface area contributed by atoms with Gasteiger partial charge in [-0.15, -0.1) is 11.8 Å². The number of benzene rings is 3. The average Bonchev–Trinajstić information content (AvgIpc) is 2.79. The molecule has 0 aliphatic rings. The van der Waals surface area contributed by atoms with E-state index in [-0.39, 0.29) is 5.91 Å². The quantitative estimate of drug-likeness (QED) is 0.391. The molecule has 0 heterocycles. The Bertz CT molecular complexity index is 959. The fourth-order valence-electron chi connectivity index (χ4n) is 2.78. The fourth-order valence-corrected chi connectivity index (χ4v) is 3.35. The molecule has 1 amide bonds. The first-order valence-corrected chi connectivity index (χ1v) is 11.3. The first kappa shape index (κ1) is 21.9. The summed E-state index contributed by atoms with van der Waals surface area (Å²) >= 11 is 6.94. The van der Waals surface area contributed by atoms with Crippen LogP contribution in [0.15, 0.2) is 83.8 Å². The van der Waals surface area contributed by atoms with E-state index in [2.05, 4.69) is 34.9 Å². The van der Waals surface area contributed by atoms with E-state index in [4.69, 9.17) is 17.0 Å². The Labute approximate surface area is 187 Å². The highest BCUT2D eigenvalue weighted by Gasteiger charge is 2.08. The third-order valence-corrected chi connectivity index (χ3v) is 5.45. The zero-order valence-electron chi connectivity index (χ0n) is 16.8. The third kappa shape index (κ3) is 6.90. The topological polar surface area (TPSA) is 50.4 Å². The van der Waals surface area contributed by atoms with Gasteiger partial charge in [0.05, 0.1) is 6.61 Å². The molecule has 0 aliphatic carbocycles. The Morgan fingerprint density at radius 2 is 1.63 bits per heavy atom. The van der Waals surface area contributed by atoms with Crippen LogP contribution in [0.2, 0.25) is 0 Å². The number of rotatable bonds is 8. The number of thioether (sulfide) groups is 1. The van der Waals surface area contributed by atoms with Crippen molar-refractivity contribution in [2.24, 2.45) is 0 Å². The largest absolute Gasteiger partial charge is 0.493 e. The van der Waals surface area contributed by atoms with Crippen LogP contribution in [-0.4, -0.2) is 23.9 Å². The smallest absolute Gasteiger partial charge is 0.257 e. The predicted octanol–water partition coefficient (Wildman–Crippen LogP) is 4.83. The SMILES string of the molecule is CSc1ccc(CNC(=S)NC(=O)c2ccc(OCCc3ccccc3)cc2)cc1. The Morgan fingerprint density at radius 3 is 2.30 bits per heavy atom. The van der Waals surface area contributed by atoms with Gasteiger partial charge in [-0.3, -0.25) is 10.1 Å². The monoisotopic (exact) mass is 436 g/mol. The summed E-state index contributed by atoms with van der Waals surface area (Å²) in [5.74, 6) is 0.484. The van der Waals surface area contributed by atoms with Crippen molar-refractivity contribution in [3.05, 3.63) is 95.6 Å². The number of hydrogen-bond acceptors (Lipinski definition) is 4. The molecule has 2 N–H and O–H groups in total. The van der Waals surface area contributed by atoms with Gasteiger partial charge >= 0.3 is 0 Å². The second-order valence-corrected chi connectivity index (χ2v) is 7.88. The van der Waals surface area contributed by atoms with Gasteiger partial charge in [0.25, 0.3) is 5.91 Å². The van der Waals surface area contributed by atoms with Crippen molar-refractivity contribution in [2.45, 2.75) is 17.9 Å². The minimum absolute atomic E-state index is 0.249. The molecule has 3 aromatic rings. The molecule has 0 aliphatic heterocycles. The standard InChI is InChI=1S/C24H24N2O2S2/c1-30-22-13-7-19(8-14-22)17-25-24(29)26-23(27)20-9-11-21(12-10-20)28-16-15-18-5-3-2-4-6-18/h2-14H,15-17H2,1H3,(H2,25,26,27,29). The highest BCUT2D eigenvalue weighted by Crippen LogP contribution is 2.15. The van der Waals surface area contributed by atoms with E-state index in [1.807, 2.05) is 36.6 Å². The number of ether oxygens (including phenoxy) is 1. The Kier molecular flexibility index (Phi) is 8.30. The van der Waals surface area contributed by atoms with Crippen molar-refractivity contribution in [1.82, 2.24) is 10.6 Å². The zero-order valence-corrected chi connectivity index (χ0v) is 18.4. The lowest BCUT2D eigenvalue weighted by Crippen LogP contribution is -2.38. The molecule has 0 bridgehead atoms. The normalized spacial score (nSPS) is 10.3. The van der Waals surface area contributed by atoms with Crippen LogP contribution < -0.4 is 15.4 Å². The molecule has 0 spiro atoms. The van der Waals surface area contributed by atoms with Crippen LogP contribution >= 0.6 is 24.0 Å². The molecular formula is C24H24N2O2S2. The van der Waals surface area contributed by atoms with Crippen LogP contribution in [0.25, 0.3) is 0 Å². The molecule has 4 nitrogen and oxygen atoms in total. The van der Waals surface area contributed by atoms with Crippen molar-refractivity contribution < 1.29 is 9.53 Å². The lowest BCUT2D eigenvalue weighted by Gasteiger charge is -2.11. The summed E-state index contributed by atoms with van der Waals surface area (Å²) in [6, 6.07) is 25.4. The minimum Gasteiger partial charge on any atom is -0.493 e. The first-order chi connectivity index (χ1) is 14.6. The summed E-state index contributed by atoms with van der Waals surface area (Å²) < 4.78 is 5.76. The Morgan fingerprint density at radius 1 is 0.933 bits per heavy atom. The second kappa shape index (κ2) is 11.4. The van der Waals surface area contributed by atoms with Crippen molar-refractivity contribution >= 4 is 35.0 Å². The van der Waals surface area contributed by atoms with Crippen LogP contribution in [-0.2, 0) is 13.0 Å². The van der Waals surface area contributed by atoms with E-state index >= 15 is 0 Å². The van der Waals surface area contributed by atoms with E-state index in [1.54, 1.807) is 36.0 Å². The highest BCUT2D eigenvalue weighted by atomic mass is 32.2. The number of carbonyl (C=O) groups is 1. The van der Waals surface area contributed by atoms with E-state index in [1.165, 1.54) is 10.5 Å². The van der Waals surface area contributed by atoms with E-state index in [0.717, 1.165) is 17.7 Å². The van der Waals surface area contributed by atoms with Crippen LogP contribution in [0.4, 0.5) is 0 Å². The van der Waals surface area contributed by atoms with Gasteiger partial charge in [0.1, 0.15) is 5.75 Å². The van der Waals surface area contributed by atoms with Gasteiger partial charge in [-0.05, 0) is 66.0 Å². The van der Waals surface area contributed by atoms with Gasteiger partial charge in [-0.25, -0.2) is 0 Å². The molecule has 3 aromatic carbocycles. The molecule has 6 heteroatoms. The molecule has 3 rings (SSSR count). The highest BCUT2D eigenvalue weighted by molar-refractivity contribution is 7.98. The molecule has 0 saturated carbocycles. The fraction of sp³-hybridized carbons (Fsp3) is 0.167. The van der Waals surface area contributed by atoms with E-state index in [9.17, 15) is 4.79 Å². The molecule has 30 heavy (non-hydrogen) atoms. The van der Waals surface area contributed by atoms with Gasteiger partial charge in [0, 0.05) is 23.4 Å². The zero-order chi connectivity index (χ0) is 21.2. The van der Waals surface area contributed by atoms with Crippen LogP contribution in [0.3, 0.4) is 0 Å². The van der Waals surface area contributed by atoms with E-state index < -0.39 is 0 Å². The molecular weight excluding hydrogens is 412 g/mol. The summed E-state index contributed by atoms with van der Waals surface area (Å²) in [4.78, 5) is 13.6. The maximum atomic E-state index is 12.4. The van der Waals surface area contributed by atoms with Gasteiger partial charge in [0.15, 0.2) is 5.11 Å². The molecule has 154 valence electrons. The van der Waals surface area contributed by atoms with Crippen LogP contribution in [0.1, 0.15) is 21.5 Å². The summed E-state index contributed by atoms with van der Waals surface area (Å²) in [7, 11) is 0. The molecule has 0 saturated heterocycles.